The van der Waals surface area contributed by atoms with E-state index >= 15 is 0 Å². The highest BCUT2D eigenvalue weighted by molar-refractivity contribution is 5.74. The Kier molecular flexibility index (Phi) is 2.82. The summed E-state index contributed by atoms with van der Waals surface area (Å²) in [5.41, 5.74) is -0.706. The summed E-state index contributed by atoms with van der Waals surface area (Å²) in [6.45, 7) is 1.92. The lowest BCUT2D eigenvalue weighted by Gasteiger charge is -2.41. The lowest BCUT2D eigenvalue weighted by Crippen LogP contribution is -2.42. The molecule has 16 heavy (non-hydrogen) atoms. The molecule has 0 aromatic rings. The second-order valence-electron chi connectivity index (χ2n) is 5.31. The van der Waals surface area contributed by atoms with Gasteiger partial charge in [0.2, 0.25) is 0 Å². The number of aliphatic hydroxyl groups is 1. The Hall–Kier alpha value is -0.830. The van der Waals surface area contributed by atoms with Crippen LogP contribution >= 0.6 is 0 Å². The van der Waals surface area contributed by atoms with E-state index in [4.69, 9.17) is 4.74 Å². The SMILES string of the molecule is COC(=O)[C@H]1C=CC2(CCC[C@@]2(C)O)CC1. The number of carbonyl (C=O) groups excluding carboxylic acids is 1. The van der Waals surface area contributed by atoms with Crippen LogP contribution in [-0.4, -0.2) is 23.8 Å². The Labute approximate surface area is 96.5 Å². The molecular weight excluding hydrogens is 204 g/mol. The summed E-state index contributed by atoms with van der Waals surface area (Å²) in [7, 11) is 1.42. The molecule has 3 atom stereocenters. The molecule has 0 radical (unpaired) electrons. The molecule has 1 N–H and O–H groups in total. The van der Waals surface area contributed by atoms with Gasteiger partial charge >= 0.3 is 5.97 Å². The van der Waals surface area contributed by atoms with Crippen molar-refractivity contribution < 1.29 is 14.6 Å². The van der Waals surface area contributed by atoms with E-state index in [0.29, 0.717) is 0 Å². The lowest BCUT2D eigenvalue weighted by molar-refractivity contribution is -0.144. The van der Waals surface area contributed by atoms with E-state index in [1.165, 1.54) is 7.11 Å². The van der Waals surface area contributed by atoms with Crippen LogP contribution < -0.4 is 0 Å². The smallest absolute Gasteiger partial charge is 0.312 e. The molecule has 1 fully saturated rings. The molecule has 2 aliphatic rings. The Bertz CT molecular complexity index is 319. The van der Waals surface area contributed by atoms with Crippen molar-refractivity contribution in [1.82, 2.24) is 0 Å². The van der Waals surface area contributed by atoms with Crippen molar-refractivity contribution in [1.29, 1.82) is 0 Å². The maximum absolute atomic E-state index is 11.4. The number of methoxy groups -OCH3 is 1. The third kappa shape index (κ3) is 1.67. The van der Waals surface area contributed by atoms with Crippen LogP contribution in [0.5, 0.6) is 0 Å². The zero-order valence-corrected chi connectivity index (χ0v) is 10.0. The van der Waals surface area contributed by atoms with E-state index in [2.05, 4.69) is 6.08 Å². The fourth-order valence-corrected chi connectivity index (χ4v) is 3.16. The predicted octanol–water partition coefficient (Wildman–Crippen LogP) is 2.05. The molecule has 0 aliphatic heterocycles. The molecule has 0 heterocycles. The molecule has 3 nitrogen and oxygen atoms in total. The van der Waals surface area contributed by atoms with E-state index in [0.717, 1.165) is 32.1 Å². The number of hydrogen-bond acceptors (Lipinski definition) is 3. The van der Waals surface area contributed by atoms with Gasteiger partial charge in [-0.15, -0.1) is 0 Å². The first-order valence-corrected chi connectivity index (χ1v) is 6.00. The van der Waals surface area contributed by atoms with Crippen LogP contribution in [-0.2, 0) is 9.53 Å². The standard InChI is InChI=1S/C13H20O3/c1-12(15)6-3-7-13(12)8-4-10(5-9-13)11(14)16-2/h4,8,10,15H,3,5-7,9H2,1-2H3/t10-,12+,13?/m0/s1. The van der Waals surface area contributed by atoms with E-state index in [1.54, 1.807) is 0 Å². The monoisotopic (exact) mass is 224 g/mol. The predicted molar refractivity (Wildman–Crippen MR) is 60.8 cm³/mol. The summed E-state index contributed by atoms with van der Waals surface area (Å²) in [5.74, 6) is -0.282. The van der Waals surface area contributed by atoms with Gasteiger partial charge in [-0.25, -0.2) is 0 Å². The van der Waals surface area contributed by atoms with Gasteiger partial charge in [0.25, 0.3) is 0 Å². The largest absolute Gasteiger partial charge is 0.469 e. The Balaban J connectivity index is 2.16. The van der Waals surface area contributed by atoms with Crippen molar-refractivity contribution in [2.75, 3.05) is 7.11 Å². The molecule has 3 heteroatoms. The minimum absolute atomic E-state index is 0.0997. The first-order chi connectivity index (χ1) is 7.51. The summed E-state index contributed by atoms with van der Waals surface area (Å²) < 4.78 is 4.74. The van der Waals surface area contributed by atoms with E-state index in [1.807, 2.05) is 13.0 Å². The first kappa shape index (κ1) is 11.6. The van der Waals surface area contributed by atoms with Crippen LogP contribution in [0.3, 0.4) is 0 Å². The molecule has 90 valence electrons. The van der Waals surface area contributed by atoms with Crippen LogP contribution in [0.25, 0.3) is 0 Å². The molecular formula is C13H20O3. The maximum Gasteiger partial charge on any atom is 0.312 e. The third-order valence-corrected chi connectivity index (χ3v) is 4.41. The van der Waals surface area contributed by atoms with Gasteiger partial charge in [0.15, 0.2) is 0 Å². The molecule has 1 saturated carbocycles. The number of rotatable bonds is 1. The van der Waals surface area contributed by atoms with Gasteiger partial charge in [-0.05, 0) is 39.0 Å². The van der Waals surface area contributed by atoms with Gasteiger partial charge in [0, 0.05) is 5.41 Å². The highest BCUT2D eigenvalue weighted by Gasteiger charge is 2.50. The molecule has 1 spiro atoms. The van der Waals surface area contributed by atoms with Gasteiger partial charge in [0.1, 0.15) is 0 Å². The zero-order valence-electron chi connectivity index (χ0n) is 10.0. The molecule has 1 unspecified atom stereocenters. The van der Waals surface area contributed by atoms with Gasteiger partial charge in [0.05, 0.1) is 18.6 Å². The molecule has 2 rings (SSSR count). The third-order valence-electron chi connectivity index (χ3n) is 4.41. The summed E-state index contributed by atoms with van der Waals surface area (Å²) in [6.07, 6.45) is 8.63. The van der Waals surface area contributed by atoms with Gasteiger partial charge in [-0.3, -0.25) is 4.79 Å². The Morgan fingerprint density at radius 2 is 2.19 bits per heavy atom. The van der Waals surface area contributed by atoms with Gasteiger partial charge in [-0.1, -0.05) is 12.2 Å². The average molecular weight is 224 g/mol. The first-order valence-electron chi connectivity index (χ1n) is 6.00. The van der Waals surface area contributed by atoms with Crippen LogP contribution in [0.15, 0.2) is 12.2 Å². The molecule has 0 amide bonds. The average Bonchev–Trinajstić information content (AvgIpc) is 2.55. The summed E-state index contributed by atoms with van der Waals surface area (Å²) in [4.78, 5) is 11.4. The fraction of sp³-hybridized carbons (Fsp3) is 0.769. The van der Waals surface area contributed by atoms with Crippen LogP contribution in [0.4, 0.5) is 0 Å². The van der Waals surface area contributed by atoms with Crippen molar-refractivity contribution >= 4 is 5.97 Å². The van der Waals surface area contributed by atoms with Crippen molar-refractivity contribution in [3.8, 4) is 0 Å². The van der Waals surface area contributed by atoms with Crippen molar-refractivity contribution in [3.05, 3.63) is 12.2 Å². The van der Waals surface area contributed by atoms with Crippen molar-refractivity contribution in [3.63, 3.8) is 0 Å². The Morgan fingerprint density at radius 1 is 1.44 bits per heavy atom. The number of carbonyl (C=O) groups is 1. The number of esters is 1. The normalized spacial score (nSPS) is 42.6. The highest BCUT2D eigenvalue weighted by Crippen LogP contribution is 2.52. The van der Waals surface area contributed by atoms with E-state index in [9.17, 15) is 9.90 Å². The van der Waals surface area contributed by atoms with Crippen molar-refractivity contribution in [2.45, 2.75) is 44.6 Å². The Morgan fingerprint density at radius 3 is 2.62 bits per heavy atom. The van der Waals surface area contributed by atoms with Gasteiger partial charge in [-0.2, -0.15) is 0 Å². The van der Waals surface area contributed by atoms with Crippen LogP contribution in [0.2, 0.25) is 0 Å². The second kappa shape index (κ2) is 3.88. The molecule has 0 aromatic carbocycles. The summed E-state index contributed by atoms with van der Waals surface area (Å²) in [6, 6.07) is 0. The highest BCUT2D eigenvalue weighted by atomic mass is 16.5. The molecule has 0 aromatic heterocycles. The van der Waals surface area contributed by atoms with Crippen LogP contribution in [0.1, 0.15) is 39.0 Å². The van der Waals surface area contributed by atoms with Crippen molar-refractivity contribution in [2.24, 2.45) is 11.3 Å². The quantitative estimate of drug-likeness (QED) is 0.547. The topological polar surface area (TPSA) is 46.5 Å². The summed E-state index contributed by atoms with van der Waals surface area (Å²) >= 11 is 0. The van der Waals surface area contributed by atoms with Gasteiger partial charge < -0.3 is 9.84 Å². The lowest BCUT2D eigenvalue weighted by atomic mass is 9.67. The zero-order chi connectivity index (χ0) is 11.8. The fourth-order valence-electron chi connectivity index (χ4n) is 3.16. The number of hydrogen-bond donors (Lipinski definition) is 1. The van der Waals surface area contributed by atoms with Crippen LogP contribution in [0, 0.1) is 11.3 Å². The van der Waals surface area contributed by atoms with E-state index in [-0.39, 0.29) is 17.3 Å². The summed E-state index contributed by atoms with van der Waals surface area (Å²) in [5, 5.41) is 10.4. The second-order valence-corrected chi connectivity index (χ2v) is 5.31. The molecule has 0 bridgehead atoms. The minimum atomic E-state index is -0.607. The number of ether oxygens (including phenoxy) is 1. The molecule has 0 saturated heterocycles. The minimum Gasteiger partial charge on any atom is -0.469 e. The van der Waals surface area contributed by atoms with E-state index < -0.39 is 5.60 Å². The molecule has 2 aliphatic carbocycles. The maximum atomic E-state index is 11.4.